The summed E-state index contributed by atoms with van der Waals surface area (Å²) in [7, 11) is 3.92. The van der Waals surface area contributed by atoms with Crippen molar-refractivity contribution in [3.05, 3.63) is 41.2 Å². The number of aromatic nitrogens is 2. The zero-order chi connectivity index (χ0) is 12.3. The van der Waals surface area contributed by atoms with Crippen molar-refractivity contribution in [1.29, 1.82) is 0 Å². The molecule has 0 atom stereocenters. The highest BCUT2D eigenvalue weighted by Gasteiger charge is 2.07. The molecule has 0 aliphatic rings. The number of imidazole rings is 1. The van der Waals surface area contributed by atoms with Crippen LogP contribution in [0, 0.1) is 0 Å². The average Bonchev–Trinajstić information content (AvgIpc) is 2.69. The van der Waals surface area contributed by atoms with Gasteiger partial charge in [0.2, 0.25) is 0 Å². The number of benzene rings is 1. The number of nitrogens with zero attached hydrogens (tertiary/aromatic N) is 2. The van der Waals surface area contributed by atoms with Gasteiger partial charge >= 0.3 is 0 Å². The minimum absolute atomic E-state index is 0.763. The molecule has 1 N–H and O–H groups in total. The summed E-state index contributed by atoms with van der Waals surface area (Å²) in [6, 6.07) is 5.93. The van der Waals surface area contributed by atoms with E-state index in [-0.39, 0.29) is 0 Å². The van der Waals surface area contributed by atoms with Gasteiger partial charge in [-0.1, -0.05) is 23.4 Å². The van der Waals surface area contributed by atoms with E-state index in [1.807, 2.05) is 43.1 Å². The van der Waals surface area contributed by atoms with Crippen LogP contribution in [0.4, 0.5) is 0 Å². The van der Waals surface area contributed by atoms with Crippen molar-refractivity contribution >= 4 is 23.4 Å². The van der Waals surface area contributed by atoms with Crippen LogP contribution in [-0.2, 0) is 13.6 Å². The minimum Gasteiger partial charge on any atom is -0.329 e. The summed E-state index contributed by atoms with van der Waals surface area (Å²) >= 11 is 7.66. The zero-order valence-electron chi connectivity index (χ0n) is 9.77. The third-order valence-corrected chi connectivity index (χ3v) is 3.80. The van der Waals surface area contributed by atoms with Crippen LogP contribution in [-0.4, -0.2) is 16.6 Å². The normalized spacial score (nSPS) is 10.8. The lowest BCUT2D eigenvalue weighted by atomic mass is 10.2. The van der Waals surface area contributed by atoms with E-state index in [1.165, 1.54) is 10.5 Å². The van der Waals surface area contributed by atoms with Crippen molar-refractivity contribution in [2.24, 2.45) is 7.05 Å². The summed E-state index contributed by atoms with van der Waals surface area (Å²) in [4.78, 5) is 5.49. The van der Waals surface area contributed by atoms with E-state index in [0.717, 1.165) is 16.7 Å². The lowest BCUT2D eigenvalue weighted by Crippen LogP contribution is -2.06. The number of nitrogens with one attached hydrogen (secondary N) is 1. The Hall–Kier alpha value is -0.970. The Morgan fingerprint density at radius 3 is 2.94 bits per heavy atom. The predicted octanol–water partition coefficient (Wildman–Crippen LogP) is 2.94. The smallest absolute Gasteiger partial charge is 0.172 e. The quantitative estimate of drug-likeness (QED) is 0.924. The number of hydrogen-bond donors (Lipinski definition) is 1. The summed E-state index contributed by atoms with van der Waals surface area (Å²) in [5, 5.41) is 4.89. The Morgan fingerprint density at radius 2 is 2.29 bits per heavy atom. The van der Waals surface area contributed by atoms with E-state index in [9.17, 15) is 0 Å². The van der Waals surface area contributed by atoms with E-state index < -0.39 is 0 Å². The largest absolute Gasteiger partial charge is 0.329 e. The lowest BCUT2D eigenvalue weighted by Gasteiger charge is -2.09. The molecule has 1 aromatic carbocycles. The van der Waals surface area contributed by atoms with Crippen molar-refractivity contribution in [2.75, 3.05) is 7.05 Å². The van der Waals surface area contributed by atoms with Gasteiger partial charge in [-0.15, -0.1) is 0 Å². The van der Waals surface area contributed by atoms with E-state index in [2.05, 4.69) is 10.3 Å². The van der Waals surface area contributed by atoms with Gasteiger partial charge in [0.15, 0.2) is 5.16 Å². The van der Waals surface area contributed by atoms with Gasteiger partial charge < -0.3 is 9.88 Å². The Balaban J connectivity index is 2.29. The van der Waals surface area contributed by atoms with E-state index in [0.29, 0.717) is 0 Å². The van der Waals surface area contributed by atoms with Gasteiger partial charge in [0.05, 0.1) is 0 Å². The van der Waals surface area contributed by atoms with Gasteiger partial charge in [-0.05, 0) is 30.8 Å². The molecule has 0 spiro atoms. The summed E-state index contributed by atoms with van der Waals surface area (Å²) in [6.07, 6.45) is 3.74. The molecule has 17 heavy (non-hydrogen) atoms. The van der Waals surface area contributed by atoms with E-state index in [4.69, 9.17) is 11.6 Å². The average molecular weight is 268 g/mol. The van der Waals surface area contributed by atoms with Crippen LogP contribution in [0.1, 0.15) is 5.56 Å². The Kier molecular flexibility index (Phi) is 4.10. The lowest BCUT2D eigenvalue weighted by molar-refractivity contribution is 0.784. The molecule has 2 rings (SSSR count). The second-order valence-electron chi connectivity index (χ2n) is 3.71. The number of rotatable bonds is 4. The molecule has 0 radical (unpaired) electrons. The molecule has 0 aliphatic heterocycles. The molecule has 5 heteroatoms. The minimum atomic E-state index is 0.763. The first-order valence-corrected chi connectivity index (χ1v) is 6.48. The molecule has 0 amide bonds. The molecule has 2 aromatic rings. The van der Waals surface area contributed by atoms with Crippen LogP contribution in [0.25, 0.3) is 0 Å². The highest BCUT2D eigenvalue weighted by molar-refractivity contribution is 7.99. The summed E-state index contributed by atoms with van der Waals surface area (Å²) in [6.45, 7) is 0.799. The Morgan fingerprint density at radius 1 is 1.47 bits per heavy atom. The monoisotopic (exact) mass is 267 g/mol. The Bertz CT molecular complexity index is 510. The number of halogens is 1. The highest BCUT2D eigenvalue weighted by atomic mass is 35.5. The molecule has 90 valence electrons. The second kappa shape index (κ2) is 5.58. The predicted molar refractivity (Wildman–Crippen MR) is 71.5 cm³/mol. The van der Waals surface area contributed by atoms with Gasteiger partial charge in [-0.25, -0.2) is 4.98 Å². The van der Waals surface area contributed by atoms with Crippen LogP contribution in [0.2, 0.25) is 5.02 Å². The molecule has 0 aliphatic carbocycles. The highest BCUT2D eigenvalue weighted by Crippen LogP contribution is 2.30. The molecular formula is C12H14ClN3S. The maximum absolute atomic E-state index is 6.01. The van der Waals surface area contributed by atoms with Gasteiger partial charge in [-0.3, -0.25) is 0 Å². The molecule has 0 bridgehead atoms. The van der Waals surface area contributed by atoms with Gasteiger partial charge in [0.1, 0.15) is 0 Å². The van der Waals surface area contributed by atoms with Gasteiger partial charge in [0, 0.05) is 35.9 Å². The standard InChI is InChI=1S/C12H14ClN3S/c1-14-8-9-7-10(13)3-4-11(9)17-12-15-5-6-16(12)2/h3-7,14H,8H2,1-2H3. The molecule has 1 aromatic heterocycles. The first-order chi connectivity index (χ1) is 8.20. The van der Waals surface area contributed by atoms with Gasteiger partial charge in [-0.2, -0.15) is 0 Å². The maximum Gasteiger partial charge on any atom is 0.172 e. The first-order valence-electron chi connectivity index (χ1n) is 5.29. The maximum atomic E-state index is 6.01. The molecule has 1 heterocycles. The SMILES string of the molecule is CNCc1cc(Cl)ccc1Sc1nccn1C. The Labute approximate surface area is 110 Å². The second-order valence-corrected chi connectivity index (χ2v) is 5.15. The van der Waals surface area contributed by atoms with Crippen molar-refractivity contribution in [3.63, 3.8) is 0 Å². The fraction of sp³-hybridized carbons (Fsp3) is 0.250. The third kappa shape index (κ3) is 3.03. The van der Waals surface area contributed by atoms with Crippen LogP contribution in [0.15, 0.2) is 40.6 Å². The van der Waals surface area contributed by atoms with E-state index >= 15 is 0 Å². The van der Waals surface area contributed by atoms with Crippen molar-refractivity contribution in [1.82, 2.24) is 14.9 Å². The molecule has 0 saturated heterocycles. The fourth-order valence-electron chi connectivity index (χ4n) is 1.52. The molecule has 3 nitrogen and oxygen atoms in total. The number of aryl methyl sites for hydroxylation is 1. The van der Waals surface area contributed by atoms with Crippen LogP contribution >= 0.6 is 23.4 Å². The number of hydrogen-bond acceptors (Lipinski definition) is 3. The van der Waals surface area contributed by atoms with Crippen LogP contribution in [0.3, 0.4) is 0 Å². The molecule has 0 saturated carbocycles. The topological polar surface area (TPSA) is 29.9 Å². The molecule has 0 fully saturated rings. The summed E-state index contributed by atoms with van der Waals surface area (Å²) in [5.41, 5.74) is 1.19. The zero-order valence-corrected chi connectivity index (χ0v) is 11.3. The summed E-state index contributed by atoms with van der Waals surface area (Å²) in [5.74, 6) is 0. The van der Waals surface area contributed by atoms with Crippen LogP contribution < -0.4 is 5.32 Å². The van der Waals surface area contributed by atoms with E-state index in [1.54, 1.807) is 18.0 Å². The molecular weight excluding hydrogens is 254 g/mol. The fourth-order valence-corrected chi connectivity index (χ4v) is 2.63. The first kappa shape index (κ1) is 12.5. The van der Waals surface area contributed by atoms with Crippen molar-refractivity contribution in [2.45, 2.75) is 16.6 Å². The van der Waals surface area contributed by atoms with Crippen molar-refractivity contribution in [3.8, 4) is 0 Å². The van der Waals surface area contributed by atoms with Gasteiger partial charge in [0.25, 0.3) is 0 Å². The van der Waals surface area contributed by atoms with Crippen LogP contribution in [0.5, 0.6) is 0 Å². The third-order valence-electron chi connectivity index (χ3n) is 2.37. The molecule has 0 unspecified atom stereocenters. The van der Waals surface area contributed by atoms with Crippen molar-refractivity contribution < 1.29 is 0 Å². The summed E-state index contributed by atoms with van der Waals surface area (Å²) < 4.78 is 2.00.